The number of nitrogens with one attached hydrogen (secondary N) is 1. The number of hydrogen-bond donors (Lipinski definition) is 1. The van der Waals surface area contributed by atoms with Gasteiger partial charge in [0.15, 0.2) is 0 Å². The third-order valence-corrected chi connectivity index (χ3v) is 5.85. The Bertz CT molecular complexity index is 816. The van der Waals surface area contributed by atoms with Crippen molar-refractivity contribution in [3.05, 3.63) is 56.0 Å². The Balaban J connectivity index is 1.66. The van der Waals surface area contributed by atoms with Gasteiger partial charge in [0.25, 0.3) is 5.91 Å². The molecule has 1 aliphatic rings. The minimum Gasteiger partial charge on any atom is -0.325 e. The molecule has 0 atom stereocenters. The molecule has 0 radical (unpaired) electrons. The lowest BCUT2D eigenvalue weighted by Crippen LogP contribution is -2.36. The minimum atomic E-state index is -0.286. The van der Waals surface area contributed by atoms with Crippen LogP contribution >= 0.6 is 51.2 Å². The summed E-state index contributed by atoms with van der Waals surface area (Å²) in [6, 6.07) is 11.1. The van der Waals surface area contributed by atoms with Crippen LogP contribution in [0.25, 0.3) is 6.08 Å². The van der Waals surface area contributed by atoms with Gasteiger partial charge >= 0.3 is 0 Å². The molecule has 1 aromatic heterocycles. The topological polar surface area (TPSA) is 49.4 Å². The molecule has 0 bridgehead atoms. The largest absolute Gasteiger partial charge is 0.325 e. The summed E-state index contributed by atoms with van der Waals surface area (Å²) < 4.78 is 1.32. The zero-order valence-corrected chi connectivity index (χ0v) is 16.2. The van der Waals surface area contributed by atoms with Crippen molar-refractivity contribution in [2.45, 2.75) is 0 Å². The van der Waals surface area contributed by atoms with Crippen LogP contribution in [0.5, 0.6) is 0 Å². The number of thioether (sulfide) groups is 1. The average molecular weight is 439 g/mol. The molecule has 0 spiro atoms. The van der Waals surface area contributed by atoms with Crippen LogP contribution in [0.15, 0.2) is 51.2 Å². The Morgan fingerprint density at radius 2 is 2.04 bits per heavy atom. The fourth-order valence-electron chi connectivity index (χ4n) is 2.02. The van der Waals surface area contributed by atoms with Crippen molar-refractivity contribution in [1.82, 2.24) is 4.90 Å². The van der Waals surface area contributed by atoms with Gasteiger partial charge in [-0.3, -0.25) is 14.5 Å². The van der Waals surface area contributed by atoms with E-state index in [1.807, 2.05) is 29.6 Å². The van der Waals surface area contributed by atoms with Crippen LogP contribution in [-0.4, -0.2) is 27.6 Å². The summed E-state index contributed by atoms with van der Waals surface area (Å²) in [6.07, 6.45) is 1.80. The maximum atomic E-state index is 12.4. The Kier molecular flexibility index (Phi) is 5.50. The molecule has 1 aliphatic heterocycles. The maximum Gasteiger partial charge on any atom is 0.266 e. The highest BCUT2D eigenvalue weighted by Gasteiger charge is 2.33. The van der Waals surface area contributed by atoms with E-state index in [0.717, 1.165) is 9.35 Å². The fourth-order valence-corrected chi connectivity index (χ4v) is 4.26. The van der Waals surface area contributed by atoms with E-state index >= 15 is 0 Å². The summed E-state index contributed by atoms with van der Waals surface area (Å²) in [6.45, 7) is -0.0947. The van der Waals surface area contributed by atoms with Gasteiger partial charge < -0.3 is 5.32 Å². The highest BCUT2D eigenvalue weighted by Crippen LogP contribution is 2.33. The first kappa shape index (κ1) is 17.3. The lowest BCUT2D eigenvalue weighted by Gasteiger charge is -2.14. The van der Waals surface area contributed by atoms with Gasteiger partial charge in [0.05, 0.1) is 4.91 Å². The van der Waals surface area contributed by atoms with Crippen LogP contribution in [0.4, 0.5) is 5.69 Å². The quantitative estimate of drug-likeness (QED) is 0.569. The standard InChI is InChI=1S/C16H11BrN2O2S3/c17-10-3-5-11(6-4-10)18-14(20)9-19-15(21)13(24-16(19)22)8-12-2-1-7-23-12/h1-8H,9H2,(H,18,20)/b13-8+. The number of hydrogen-bond acceptors (Lipinski definition) is 5. The number of benzene rings is 1. The van der Waals surface area contributed by atoms with E-state index in [9.17, 15) is 9.59 Å². The predicted octanol–water partition coefficient (Wildman–Crippen LogP) is 4.35. The highest BCUT2D eigenvalue weighted by atomic mass is 79.9. The summed E-state index contributed by atoms with van der Waals surface area (Å²) >= 11 is 11.3. The van der Waals surface area contributed by atoms with Crippen LogP contribution < -0.4 is 5.32 Å². The molecule has 2 heterocycles. The smallest absolute Gasteiger partial charge is 0.266 e. The molecule has 4 nitrogen and oxygen atoms in total. The second kappa shape index (κ2) is 7.60. The monoisotopic (exact) mass is 438 g/mol. The summed E-state index contributed by atoms with van der Waals surface area (Å²) in [5.41, 5.74) is 0.669. The molecule has 1 saturated heterocycles. The number of nitrogens with zero attached hydrogens (tertiary/aromatic N) is 1. The molecular weight excluding hydrogens is 428 g/mol. The van der Waals surface area contributed by atoms with Crippen LogP contribution in [-0.2, 0) is 9.59 Å². The van der Waals surface area contributed by atoms with Gasteiger partial charge in [0.1, 0.15) is 10.9 Å². The van der Waals surface area contributed by atoms with E-state index in [1.165, 1.54) is 16.7 Å². The average Bonchev–Trinajstić information content (AvgIpc) is 3.14. The highest BCUT2D eigenvalue weighted by molar-refractivity contribution is 9.10. The maximum absolute atomic E-state index is 12.4. The Morgan fingerprint density at radius 1 is 1.29 bits per heavy atom. The molecule has 0 unspecified atom stereocenters. The van der Waals surface area contributed by atoms with E-state index in [1.54, 1.807) is 29.5 Å². The van der Waals surface area contributed by atoms with Crippen molar-refractivity contribution < 1.29 is 9.59 Å². The molecule has 2 aromatic rings. The van der Waals surface area contributed by atoms with Crippen LogP contribution in [0, 0.1) is 0 Å². The Morgan fingerprint density at radius 3 is 2.71 bits per heavy atom. The fraction of sp³-hybridized carbons (Fsp3) is 0.0625. The van der Waals surface area contributed by atoms with Gasteiger partial charge in [-0.1, -0.05) is 46.0 Å². The molecule has 1 aromatic carbocycles. The SMILES string of the molecule is O=C(CN1C(=O)/C(=C\c2cccs2)SC1=S)Nc1ccc(Br)cc1. The summed E-state index contributed by atoms with van der Waals surface area (Å²) in [5.74, 6) is -0.518. The third-order valence-electron chi connectivity index (χ3n) is 3.12. The third kappa shape index (κ3) is 4.13. The first-order valence-corrected chi connectivity index (χ1v) is 9.77. The van der Waals surface area contributed by atoms with E-state index in [2.05, 4.69) is 21.2 Å². The molecular formula is C16H11BrN2O2S3. The number of carbonyl (C=O) groups is 2. The molecule has 2 amide bonds. The van der Waals surface area contributed by atoms with Gasteiger partial charge in [-0.15, -0.1) is 11.3 Å². The molecule has 0 saturated carbocycles. The van der Waals surface area contributed by atoms with Crippen molar-refractivity contribution in [1.29, 1.82) is 0 Å². The number of thiocarbonyl (C=S) groups is 1. The molecule has 1 N–H and O–H groups in total. The van der Waals surface area contributed by atoms with Crippen molar-refractivity contribution in [2.75, 3.05) is 11.9 Å². The second-order valence-electron chi connectivity index (χ2n) is 4.84. The van der Waals surface area contributed by atoms with Crippen LogP contribution in [0.3, 0.4) is 0 Å². The van der Waals surface area contributed by atoms with Crippen LogP contribution in [0.2, 0.25) is 0 Å². The predicted molar refractivity (Wildman–Crippen MR) is 107 cm³/mol. The van der Waals surface area contributed by atoms with Crippen molar-refractivity contribution in [2.24, 2.45) is 0 Å². The van der Waals surface area contributed by atoms with E-state index in [4.69, 9.17) is 12.2 Å². The molecule has 8 heteroatoms. The Labute approximate surface area is 161 Å². The lowest BCUT2D eigenvalue weighted by molar-refractivity contribution is -0.126. The zero-order valence-electron chi connectivity index (χ0n) is 12.2. The van der Waals surface area contributed by atoms with Gasteiger partial charge in [-0.25, -0.2) is 0 Å². The number of anilines is 1. The number of amides is 2. The first-order chi connectivity index (χ1) is 11.5. The summed E-state index contributed by atoms with van der Waals surface area (Å²) in [5, 5.41) is 4.70. The van der Waals surface area contributed by atoms with E-state index in [-0.39, 0.29) is 18.4 Å². The molecule has 1 fully saturated rings. The number of rotatable bonds is 4. The normalized spacial score (nSPS) is 16.0. The molecule has 0 aliphatic carbocycles. The molecule has 3 rings (SSSR count). The Hall–Kier alpha value is -1.48. The lowest BCUT2D eigenvalue weighted by atomic mass is 10.3. The number of halogens is 1. The minimum absolute atomic E-state index is 0.0947. The van der Waals surface area contributed by atoms with Gasteiger partial charge in [0.2, 0.25) is 5.91 Å². The number of carbonyl (C=O) groups excluding carboxylic acids is 2. The number of thiophene rings is 1. The van der Waals surface area contributed by atoms with Crippen molar-refractivity contribution in [3.63, 3.8) is 0 Å². The molecule has 24 heavy (non-hydrogen) atoms. The summed E-state index contributed by atoms with van der Waals surface area (Å²) in [4.78, 5) is 27.5. The van der Waals surface area contributed by atoms with E-state index < -0.39 is 0 Å². The van der Waals surface area contributed by atoms with Gasteiger partial charge in [-0.05, 0) is 41.8 Å². The van der Waals surface area contributed by atoms with Crippen molar-refractivity contribution >= 4 is 79.1 Å². The molecule has 122 valence electrons. The van der Waals surface area contributed by atoms with E-state index in [0.29, 0.717) is 14.9 Å². The zero-order chi connectivity index (χ0) is 17.1. The summed E-state index contributed by atoms with van der Waals surface area (Å²) in [7, 11) is 0. The second-order valence-corrected chi connectivity index (χ2v) is 8.41. The van der Waals surface area contributed by atoms with Gasteiger partial charge in [0, 0.05) is 15.0 Å². The van der Waals surface area contributed by atoms with Crippen LogP contribution in [0.1, 0.15) is 4.88 Å². The van der Waals surface area contributed by atoms with Gasteiger partial charge in [-0.2, -0.15) is 0 Å². The van der Waals surface area contributed by atoms with Crippen molar-refractivity contribution in [3.8, 4) is 0 Å². The first-order valence-electron chi connectivity index (χ1n) is 6.87.